The summed E-state index contributed by atoms with van der Waals surface area (Å²) < 4.78 is 0. The van der Waals surface area contributed by atoms with Gasteiger partial charge in [0.1, 0.15) is 5.82 Å². The van der Waals surface area contributed by atoms with Crippen LogP contribution in [0.5, 0.6) is 0 Å². The summed E-state index contributed by atoms with van der Waals surface area (Å²) in [6.45, 7) is 2.02. The first kappa shape index (κ1) is 8.94. The van der Waals surface area contributed by atoms with Crippen LogP contribution in [0, 0.1) is 6.92 Å². The Morgan fingerprint density at radius 1 is 1.69 bits per heavy atom. The Hall–Kier alpha value is -0.640. The van der Waals surface area contributed by atoms with Crippen molar-refractivity contribution in [2.75, 3.05) is 16.8 Å². The van der Waals surface area contributed by atoms with Crippen LogP contribution in [-0.2, 0) is 0 Å². The van der Waals surface area contributed by atoms with E-state index in [2.05, 4.69) is 21.6 Å². The maximum Gasteiger partial charge on any atom is 0.148 e. The molecule has 1 aromatic rings. The van der Waals surface area contributed by atoms with Crippen LogP contribution in [0.3, 0.4) is 0 Å². The molecule has 72 valence electrons. The molecule has 0 aliphatic carbocycles. The van der Waals surface area contributed by atoms with Crippen molar-refractivity contribution < 1.29 is 0 Å². The lowest BCUT2D eigenvalue weighted by molar-refractivity contribution is 0.682. The minimum atomic E-state index is 0.612. The van der Waals surface area contributed by atoms with Crippen molar-refractivity contribution in [1.29, 1.82) is 0 Å². The van der Waals surface area contributed by atoms with E-state index >= 15 is 0 Å². The minimum absolute atomic E-state index is 0.612. The molecule has 2 heterocycles. The van der Waals surface area contributed by atoms with Gasteiger partial charge >= 0.3 is 0 Å². The van der Waals surface area contributed by atoms with Crippen molar-refractivity contribution in [1.82, 2.24) is 10.2 Å². The van der Waals surface area contributed by atoms with Crippen molar-refractivity contribution in [3.63, 3.8) is 0 Å². The molecular weight excluding hydrogens is 182 g/mol. The van der Waals surface area contributed by atoms with Crippen LogP contribution in [0.4, 0.5) is 5.82 Å². The Balaban J connectivity index is 1.89. The number of aryl methyl sites for hydroxylation is 1. The highest BCUT2D eigenvalue weighted by Crippen LogP contribution is 2.19. The molecule has 0 aromatic carbocycles. The summed E-state index contributed by atoms with van der Waals surface area (Å²) in [6, 6.07) is 2.67. The molecule has 1 aliphatic rings. The summed E-state index contributed by atoms with van der Waals surface area (Å²) in [6.07, 6.45) is 2.60. The van der Waals surface area contributed by atoms with E-state index in [9.17, 15) is 0 Å². The third-order valence-corrected chi connectivity index (χ3v) is 3.43. The average Bonchev–Trinajstić information content (AvgIpc) is 2.53. The lowest BCUT2D eigenvalue weighted by atomic mass is 10.2. The molecule has 13 heavy (non-hydrogen) atoms. The predicted octanol–water partition coefficient (Wildman–Crippen LogP) is 2.03. The smallest absolute Gasteiger partial charge is 0.148 e. The van der Waals surface area contributed by atoms with Crippen molar-refractivity contribution in [3.05, 3.63) is 11.8 Å². The summed E-state index contributed by atoms with van der Waals surface area (Å²) in [4.78, 5) is 0. The molecule has 1 unspecified atom stereocenters. The first-order valence-electron chi connectivity index (χ1n) is 4.71. The summed E-state index contributed by atoms with van der Waals surface area (Å²) in [5.74, 6) is 3.52. The maximum atomic E-state index is 4.16. The van der Waals surface area contributed by atoms with Gasteiger partial charge in [0, 0.05) is 23.6 Å². The van der Waals surface area contributed by atoms with Gasteiger partial charge in [-0.3, -0.25) is 5.10 Å². The minimum Gasteiger partial charge on any atom is -0.365 e. The van der Waals surface area contributed by atoms with Crippen LogP contribution in [0.1, 0.15) is 18.5 Å². The zero-order valence-corrected chi connectivity index (χ0v) is 8.66. The summed E-state index contributed by atoms with van der Waals surface area (Å²) >= 11 is 2.03. The van der Waals surface area contributed by atoms with E-state index in [0.717, 1.165) is 11.5 Å². The fourth-order valence-electron chi connectivity index (χ4n) is 1.56. The Kier molecular flexibility index (Phi) is 2.78. The highest BCUT2D eigenvalue weighted by atomic mass is 32.2. The summed E-state index contributed by atoms with van der Waals surface area (Å²) in [5, 5.41) is 10.5. The second-order valence-corrected chi connectivity index (χ2v) is 4.64. The maximum absolute atomic E-state index is 4.16. The topological polar surface area (TPSA) is 40.7 Å². The Labute approximate surface area is 82.7 Å². The lowest BCUT2D eigenvalue weighted by Gasteiger charge is -2.21. The van der Waals surface area contributed by atoms with Gasteiger partial charge in [-0.15, -0.1) is 0 Å². The zero-order valence-electron chi connectivity index (χ0n) is 7.84. The van der Waals surface area contributed by atoms with Gasteiger partial charge < -0.3 is 5.32 Å². The van der Waals surface area contributed by atoms with Crippen molar-refractivity contribution in [2.24, 2.45) is 0 Å². The fraction of sp³-hybridized carbons (Fsp3) is 0.667. The Bertz CT molecular complexity index is 266. The van der Waals surface area contributed by atoms with Gasteiger partial charge in [-0.1, -0.05) is 0 Å². The fourth-order valence-corrected chi connectivity index (χ4v) is 2.63. The van der Waals surface area contributed by atoms with Crippen molar-refractivity contribution >= 4 is 17.6 Å². The highest BCUT2D eigenvalue weighted by molar-refractivity contribution is 7.99. The molecule has 2 N–H and O–H groups in total. The number of nitrogens with one attached hydrogen (secondary N) is 2. The van der Waals surface area contributed by atoms with E-state index in [1.54, 1.807) is 0 Å². The SMILES string of the molecule is Cc1cc(NC2CCCSC2)n[nH]1. The van der Waals surface area contributed by atoms with Crippen molar-refractivity contribution in [2.45, 2.75) is 25.8 Å². The largest absolute Gasteiger partial charge is 0.365 e. The molecular formula is C9H15N3S. The number of thioether (sulfide) groups is 1. The number of aromatic amines is 1. The predicted molar refractivity (Wildman–Crippen MR) is 57.3 cm³/mol. The Morgan fingerprint density at radius 2 is 2.62 bits per heavy atom. The van der Waals surface area contributed by atoms with Gasteiger partial charge in [0.25, 0.3) is 0 Å². The molecule has 1 fully saturated rings. The third kappa shape index (κ3) is 2.40. The molecule has 1 saturated heterocycles. The van der Waals surface area contributed by atoms with Crippen LogP contribution < -0.4 is 5.32 Å². The monoisotopic (exact) mass is 197 g/mol. The quantitative estimate of drug-likeness (QED) is 0.762. The van der Waals surface area contributed by atoms with Crippen LogP contribution in [0.2, 0.25) is 0 Å². The molecule has 0 bridgehead atoms. The molecule has 2 rings (SSSR count). The van der Waals surface area contributed by atoms with E-state index in [-0.39, 0.29) is 0 Å². The molecule has 0 radical (unpaired) electrons. The van der Waals surface area contributed by atoms with Gasteiger partial charge in [0.05, 0.1) is 0 Å². The van der Waals surface area contributed by atoms with Gasteiger partial charge in [0.15, 0.2) is 0 Å². The van der Waals surface area contributed by atoms with Gasteiger partial charge in [-0.25, -0.2) is 0 Å². The highest BCUT2D eigenvalue weighted by Gasteiger charge is 2.13. The standard InChI is InChI=1S/C9H15N3S/c1-7-5-9(12-11-7)10-8-3-2-4-13-6-8/h5,8H,2-4,6H2,1H3,(H2,10,11,12). The number of hydrogen-bond acceptors (Lipinski definition) is 3. The normalized spacial score (nSPS) is 23.0. The second-order valence-electron chi connectivity index (χ2n) is 3.49. The zero-order chi connectivity index (χ0) is 9.10. The molecule has 1 aliphatic heterocycles. The molecule has 1 atom stereocenters. The first-order valence-corrected chi connectivity index (χ1v) is 5.86. The number of rotatable bonds is 2. The van der Waals surface area contributed by atoms with E-state index in [1.165, 1.54) is 24.3 Å². The molecule has 1 aromatic heterocycles. The number of anilines is 1. The molecule has 0 amide bonds. The first-order chi connectivity index (χ1) is 6.34. The lowest BCUT2D eigenvalue weighted by Crippen LogP contribution is -2.25. The summed E-state index contributed by atoms with van der Waals surface area (Å²) in [7, 11) is 0. The second kappa shape index (κ2) is 4.05. The molecule has 0 saturated carbocycles. The number of nitrogens with zero attached hydrogens (tertiary/aromatic N) is 1. The van der Waals surface area contributed by atoms with E-state index < -0.39 is 0 Å². The summed E-state index contributed by atoms with van der Waals surface area (Å²) in [5.41, 5.74) is 1.12. The average molecular weight is 197 g/mol. The van der Waals surface area contributed by atoms with E-state index in [4.69, 9.17) is 0 Å². The van der Waals surface area contributed by atoms with Crippen LogP contribution in [-0.4, -0.2) is 27.7 Å². The number of aromatic nitrogens is 2. The van der Waals surface area contributed by atoms with Gasteiger partial charge in [0.2, 0.25) is 0 Å². The molecule has 3 nitrogen and oxygen atoms in total. The Morgan fingerprint density at radius 3 is 3.23 bits per heavy atom. The van der Waals surface area contributed by atoms with Crippen LogP contribution in [0.25, 0.3) is 0 Å². The van der Waals surface area contributed by atoms with E-state index in [1.807, 2.05) is 18.7 Å². The molecule has 4 heteroatoms. The van der Waals surface area contributed by atoms with Crippen molar-refractivity contribution in [3.8, 4) is 0 Å². The number of hydrogen-bond donors (Lipinski definition) is 2. The van der Waals surface area contributed by atoms with Gasteiger partial charge in [-0.2, -0.15) is 16.9 Å². The van der Waals surface area contributed by atoms with Crippen LogP contribution >= 0.6 is 11.8 Å². The van der Waals surface area contributed by atoms with Crippen LogP contribution in [0.15, 0.2) is 6.07 Å². The molecule has 0 spiro atoms. The van der Waals surface area contributed by atoms with Gasteiger partial charge in [-0.05, 0) is 25.5 Å². The number of H-pyrrole nitrogens is 1. The third-order valence-electron chi connectivity index (χ3n) is 2.22. The van der Waals surface area contributed by atoms with E-state index in [0.29, 0.717) is 6.04 Å².